The highest BCUT2D eigenvalue weighted by molar-refractivity contribution is 7.99. The number of carbonyl (C=O) groups excluding carboxylic acids is 2. The van der Waals surface area contributed by atoms with Gasteiger partial charge in [0.05, 0.1) is 24.5 Å². The Balaban J connectivity index is 1.58. The number of carbonyl (C=O) groups is 2. The van der Waals surface area contributed by atoms with Crippen LogP contribution in [0.15, 0.2) is 12.2 Å². The van der Waals surface area contributed by atoms with E-state index in [1.807, 2.05) is 33.7 Å². The molecule has 0 N–H and O–H groups in total. The lowest BCUT2D eigenvalue weighted by Gasteiger charge is -2.32. The molecule has 3 saturated heterocycles. The fraction of sp³-hybridized carbons (Fsp3) is 0.778. The third kappa shape index (κ3) is 2.49. The summed E-state index contributed by atoms with van der Waals surface area (Å²) in [5, 5.41) is 0. The summed E-state index contributed by atoms with van der Waals surface area (Å²) < 4.78 is 6.20. The molecule has 0 aromatic carbocycles. The number of ether oxygens (including phenoxy) is 1. The lowest BCUT2D eigenvalue weighted by atomic mass is 9.76. The van der Waals surface area contributed by atoms with Crippen molar-refractivity contribution in [3.8, 4) is 0 Å². The Morgan fingerprint density at radius 1 is 1.38 bits per heavy atom. The molecular formula is C18H26N2O3S. The molecule has 3 fully saturated rings. The van der Waals surface area contributed by atoms with Crippen LogP contribution >= 0.6 is 11.8 Å². The molecule has 1 spiro atoms. The van der Waals surface area contributed by atoms with E-state index in [1.165, 1.54) is 0 Å². The zero-order valence-electron chi connectivity index (χ0n) is 14.7. The maximum Gasteiger partial charge on any atom is 0.230 e. The minimum Gasteiger partial charge on any atom is -0.360 e. The minimum absolute atomic E-state index is 0.0380. The van der Waals surface area contributed by atoms with Gasteiger partial charge in [0.1, 0.15) is 5.60 Å². The van der Waals surface area contributed by atoms with Crippen molar-refractivity contribution in [2.45, 2.75) is 32.5 Å². The Labute approximate surface area is 147 Å². The highest BCUT2D eigenvalue weighted by atomic mass is 32.2. The highest BCUT2D eigenvalue weighted by Crippen LogP contribution is 2.52. The van der Waals surface area contributed by atoms with Crippen molar-refractivity contribution in [2.75, 3.05) is 37.7 Å². The van der Waals surface area contributed by atoms with Gasteiger partial charge in [-0.3, -0.25) is 9.59 Å². The molecule has 4 aliphatic heterocycles. The standard InChI is InChI=1S/C18H26N2O3S/c1-17(2,3)10-20-11-18-5-4-12(23-18)13(14(18)16(20)22)15(21)19-6-8-24-9-7-19/h4-5,12-14H,6-11H2,1-3H3/t12-,13-,14+,18-/m0/s1. The Morgan fingerprint density at radius 2 is 2.08 bits per heavy atom. The fourth-order valence-corrected chi connectivity index (χ4v) is 5.46. The summed E-state index contributed by atoms with van der Waals surface area (Å²) in [6.07, 6.45) is 3.82. The topological polar surface area (TPSA) is 49.9 Å². The van der Waals surface area contributed by atoms with E-state index < -0.39 is 5.60 Å². The summed E-state index contributed by atoms with van der Waals surface area (Å²) in [6.45, 7) is 9.26. The number of hydrogen-bond donors (Lipinski definition) is 0. The first-order valence-corrected chi connectivity index (χ1v) is 9.99. The molecule has 0 aromatic rings. The monoisotopic (exact) mass is 350 g/mol. The second-order valence-electron chi connectivity index (χ2n) is 8.59. The van der Waals surface area contributed by atoms with Crippen molar-refractivity contribution >= 4 is 23.6 Å². The Kier molecular flexibility index (Phi) is 3.77. The van der Waals surface area contributed by atoms with E-state index in [0.29, 0.717) is 13.1 Å². The first-order chi connectivity index (χ1) is 11.3. The van der Waals surface area contributed by atoms with Crippen LogP contribution in [-0.2, 0) is 14.3 Å². The molecule has 24 heavy (non-hydrogen) atoms. The lowest BCUT2D eigenvalue weighted by Crippen LogP contribution is -2.48. The summed E-state index contributed by atoms with van der Waals surface area (Å²) >= 11 is 1.89. The van der Waals surface area contributed by atoms with Crippen molar-refractivity contribution in [3.63, 3.8) is 0 Å². The van der Waals surface area contributed by atoms with Gasteiger partial charge in [0.25, 0.3) is 0 Å². The average molecular weight is 350 g/mol. The Hall–Kier alpha value is -1.01. The van der Waals surface area contributed by atoms with E-state index in [4.69, 9.17) is 4.74 Å². The molecule has 4 atom stereocenters. The molecule has 0 aromatic heterocycles. The summed E-state index contributed by atoms with van der Waals surface area (Å²) in [4.78, 5) is 30.0. The second-order valence-corrected chi connectivity index (χ2v) is 9.82. The van der Waals surface area contributed by atoms with Gasteiger partial charge in [-0.1, -0.05) is 32.9 Å². The first-order valence-electron chi connectivity index (χ1n) is 8.83. The van der Waals surface area contributed by atoms with E-state index >= 15 is 0 Å². The molecule has 6 heteroatoms. The van der Waals surface area contributed by atoms with Gasteiger partial charge in [-0.2, -0.15) is 11.8 Å². The highest BCUT2D eigenvalue weighted by Gasteiger charge is 2.67. The summed E-state index contributed by atoms with van der Waals surface area (Å²) in [6, 6.07) is 0. The van der Waals surface area contributed by atoms with E-state index in [-0.39, 0.29) is 35.2 Å². The molecule has 0 aliphatic carbocycles. The largest absolute Gasteiger partial charge is 0.360 e. The second kappa shape index (κ2) is 5.49. The quantitative estimate of drug-likeness (QED) is 0.706. The van der Waals surface area contributed by atoms with Crippen LogP contribution in [0.3, 0.4) is 0 Å². The van der Waals surface area contributed by atoms with Gasteiger partial charge in [0, 0.05) is 31.1 Å². The number of nitrogens with zero attached hydrogens (tertiary/aromatic N) is 2. The van der Waals surface area contributed by atoms with Crippen molar-refractivity contribution in [1.82, 2.24) is 9.80 Å². The zero-order chi connectivity index (χ0) is 17.1. The van der Waals surface area contributed by atoms with Gasteiger partial charge in [-0.05, 0) is 5.41 Å². The van der Waals surface area contributed by atoms with E-state index in [1.54, 1.807) is 0 Å². The van der Waals surface area contributed by atoms with Crippen molar-refractivity contribution in [2.24, 2.45) is 17.3 Å². The zero-order valence-corrected chi connectivity index (χ0v) is 15.5. The van der Waals surface area contributed by atoms with Crippen LogP contribution in [0.2, 0.25) is 0 Å². The summed E-state index contributed by atoms with van der Waals surface area (Å²) in [5.74, 6) is 1.51. The SMILES string of the molecule is CC(C)(C)CN1C[C@]23C=C[C@H](O2)[C@H](C(=O)N2CCSCC2)[C@@H]3C1=O. The van der Waals surface area contributed by atoms with E-state index in [0.717, 1.165) is 24.6 Å². The number of fused-ring (bicyclic) bond motifs is 1. The normalized spacial score (nSPS) is 38.1. The van der Waals surface area contributed by atoms with Crippen LogP contribution in [0.25, 0.3) is 0 Å². The van der Waals surface area contributed by atoms with Gasteiger partial charge in [0.2, 0.25) is 11.8 Å². The molecule has 2 bridgehead atoms. The van der Waals surface area contributed by atoms with Gasteiger partial charge in [-0.15, -0.1) is 0 Å². The molecule has 2 amide bonds. The van der Waals surface area contributed by atoms with E-state index in [9.17, 15) is 9.59 Å². The number of thioether (sulfide) groups is 1. The molecule has 0 unspecified atom stereocenters. The number of hydrogen-bond acceptors (Lipinski definition) is 4. The van der Waals surface area contributed by atoms with Gasteiger partial charge in [0.15, 0.2) is 0 Å². The molecule has 4 rings (SSSR count). The van der Waals surface area contributed by atoms with Crippen molar-refractivity contribution < 1.29 is 14.3 Å². The predicted molar refractivity (Wildman–Crippen MR) is 93.7 cm³/mol. The summed E-state index contributed by atoms with van der Waals surface area (Å²) in [5.41, 5.74) is -0.534. The Morgan fingerprint density at radius 3 is 2.75 bits per heavy atom. The Bertz CT molecular complexity index is 594. The average Bonchev–Trinajstić information content (AvgIpc) is 3.15. The first kappa shape index (κ1) is 16.5. The molecule has 0 saturated carbocycles. The smallest absolute Gasteiger partial charge is 0.230 e. The van der Waals surface area contributed by atoms with E-state index in [2.05, 4.69) is 20.8 Å². The van der Waals surface area contributed by atoms with Crippen LogP contribution in [0.4, 0.5) is 0 Å². The fourth-order valence-electron chi connectivity index (χ4n) is 4.56. The molecule has 4 aliphatic rings. The molecule has 0 radical (unpaired) electrons. The molecule has 132 valence electrons. The number of rotatable bonds is 2. The van der Waals surface area contributed by atoms with Gasteiger partial charge in [-0.25, -0.2) is 0 Å². The van der Waals surface area contributed by atoms with Crippen LogP contribution in [0, 0.1) is 17.3 Å². The van der Waals surface area contributed by atoms with Gasteiger partial charge < -0.3 is 14.5 Å². The van der Waals surface area contributed by atoms with Crippen LogP contribution in [-0.4, -0.2) is 71.0 Å². The third-order valence-corrected chi connectivity index (χ3v) is 6.39. The van der Waals surface area contributed by atoms with Crippen LogP contribution in [0.5, 0.6) is 0 Å². The maximum absolute atomic E-state index is 13.1. The van der Waals surface area contributed by atoms with Crippen molar-refractivity contribution in [1.29, 1.82) is 0 Å². The number of likely N-dealkylation sites (tertiary alicyclic amines) is 1. The minimum atomic E-state index is -0.572. The molecule has 4 heterocycles. The maximum atomic E-state index is 13.1. The number of amides is 2. The van der Waals surface area contributed by atoms with Crippen LogP contribution in [0.1, 0.15) is 20.8 Å². The summed E-state index contributed by atoms with van der Waals surface area (Å²) in [7, 11) is 0. The molecular weight excluding hydrogens is 324 g/mol. The van der Waals surface area contributed by atoms with Crippen molar-refractivity contribution in [3.05, 3.63) is 12.2 Å². The lowest BCUT2D eigenvalue weighted by molar-refractivity contribution is -0.143. The third-order valence-electron chi connectivity index (χ3n) is 5.45. The van der Waals surface area contributed by atoms with Crippen LogP contribution < -0.4 is 0 Å². The van der Waals surface area contributed by atoms with Gasteiger partial charge >= 0.3 is 0 Å². The predicted octanol–water partition coefficient (Wildman–Crippen LogP) is 1.39. The molecule has 5 nitrogen and oxygen atoms in total.